The lowest BCUT2D eigenvalue weighted by molar-refractivity contribution is 1.17. The van der Waals surface area contributed by atoms with Crippen molar-refractivity contribution in [2.45, 2.75) is 0 Å². The van der Waals surface area contributed by atoms with Crippen LogP contribution in [0.4, 0.5) is 0 Å². The lowest BCUT2D eigenvalue weighted by Crippen LogP contribution is -1.96. The normalized spacial score (nSPS) is 12.2. The van der Waals surface area contributed by atoms with E-state index in [0.29, 0.717) is 0 Å². The van der Waals surface area contributed by atoms with Crippen molar-refractivity contribution in [3.8, 4) is 39.3 Å². The molecule has 0 atom stereocenters. The maximum Gasteiger partial charge on any atom is 0.0641 e. The third-order valence-corrected chi connectivity index (χ3v) is 17.5. The number of hydrogen-bond acceptors (Lipinski definition) is 2. The van der Waals surface area contributed by atoms with Crippen molar-refractivity contribution in [3.05, 3.63) is 237 Å². The smallest absolute Gasteiger partial charge is 0.0641 e. The summed E-state index contributed by atoms with van der Waals surface area (Å²) in [4.78, 5) is 0. The predicted molar refractivity (Wildman–Crippen MR) is 306 cm³/mol. The Kier molecular flexibility index (Phi) is 8.20. The van der Waals surface area contributed by atoms with Gasteiger partial charge in [-0.2, -0.15) is 0 Å². The highest BCUT2D eigenvalue weighted by molar-refractivity contribution is 7.26. The monoisotopic (exact) mass is 937 g/mol. The minimum Gasteiger partial charge on any atom is -0.309 e. The van der Waals surface area contributed by atoms with Gasteiger partial charge >= 0.3 is 0 Å². The highest BCUT2D eigenvalue weighted by atomic mass is 32.1. The second-order valence-electron chi connectivity index (χ2n) is 18.7. The van der Waals surface area contributed by atoms with Gasteiger partial charge in [-0.25, -0.2) is 0 Å². The third kappa shape index (κ3) is 5.53. The highest BCUT2D eigenvalue weighted by Crippen LogP contribution is 2.48. The first-order valence-electron chi connectivity index (χ1n) is 24.3. The van der Waals surface area contributed by atoms with Crippen molar-refractivity contribution in [1.82, 2.24) is 13.7 Å². The van der Waals surface area contributed by atoms with Gasteiger partial charge in [0.15, 0.2) is 0 Å². The van der Waals surface area contributed by atoms with E-state index < -0.39 is 0 Å². The number of aromatic nitrogens is 3. The van der Waals surface area contributed by atoms with Gasteiger partial charge in [0.05, 0.1) is 33.1 Å². The van der Waals surface area contributed by atoms with E-state index in [0.717, 1.165) is 17.1 Å². The molecular formula is C66H39N3S2. The number of fused-ring (bicyclic) bond motifs is 17. The molecule has 0 fully saturated rings. The summed E-state index contributed by atoms with van der Waals surface area (Å²) in [6.45, 7) is 0. The molecule has 5 heterocycles. The number of benzene rings is 11. The molecule has 16 aromatic rings. The summed E-state index contributed by atoms with van der Waals surface area (Å²) in [7, 11) is 0. The Morgan fingerprint density at radius 2 is 0.662 bits per heavy atom. The molecule has 330 valence electrons. The first-order chi connectivity index (χ1) is 35.2. The van der Waals surface area contributed by atoms with Crippen LogP contribution in [0, 0.1) is 0 Å². The summed E-state index contributed by atoms with van der Waals surface area (Å²) in [5.41, 5.74) is 15.5. The standard InChI is InChI=1S/C66H39N3S2/c1-2-18-42(19-3-1)69-63-49(34-36-57-61(63)53-24-4-8-30-55(53)67(57)43-20-12-16-40(38-43)45-26-14-28-51-47-22-6-10-32-59(47)70-65(45)51)50-35-37-58-62(64(50)69)54-25-5-9-31-56(54)68(58)44-21-13-17-41(39-44)46-27-15-29-52-48-23-7-11-33-60(48)71-66(46)52/h1-39H. The van der Waals surface area contributed by atoms with Crippen LogP contribution < -0.4 is 0 Å². The topological polar surface area (TPSA) is 14.8 Å². The fourth-order valence-corrected chi connectivity index (χ4v) is 14.5. The van der Waals surface area contributed by atoms with Crippen molar-refractivity contribution < 1.29 is 0 Å². The molecule has 3 nitrogen and oxygen atoms in total. The Labute approximate surface area is 415 Å². The maximum atomic E-state index is 2.57. The largest absolute Gasteiger partial charge is 0.309 e. The third-order valence-electron chi connectivity index (χ3n) is 15.0. The average Bonchev–Trinajstić information content (AvgIpc) is 4.25. The average molecular weight is 938 g/mol. The molecule has 0 N–H and O–H groups in total. The summed E-state index contributed by atoms with van der Waals surface area (Å²) in [5.74, 6) is 0. The van der Waals surface area contributed by atoms with Crippen LogP contribution in [0.5, 0.6) is 0 Å². The number of hydrogen-bond donors (Lipinski definition) is 0. The van der Waals surface area contributed by atoms with E-state index in [1.54, 1.807) is 0 Å². The maximum absolute atomic E-state index is 2.57. The van der Waals surface area contributed by atoms with Crippen molar-refractivity contribution in [2.75, 3.05) is 0 Å². The summed E-state index contributed by atoms with van der Waals surface area (Å²) >= 11 is 3.77. The fraction of sp³-hybridized carbons (Fsp3) is 0. The zero-order valence-corrected chi connectivity index (χ0v) is 39.8. The van der Waals surface area contributed by atoms with Crippen LogP contribution in [0.2, 0.25) is 0 Å². The van der Waals surface area contributed by atoms with E-state index in [1.807, 2.05) is 22.7 Å². The quantitative estimate of drug-likeness (QED) is 0.163. The van der Waals surface area contributed by atoms with E-state index >= 15 is 0 Å². The molecule has 5 aromatic heterocycles. The Hall–Kier alpha value is -8.74. The molecule has 11 aromatic carbocycles. The molecule has 0 aliphatic carbocycles. The Bertz CT molecular complexity index is 4590. The van der Waals surface area contributed by atoms with Gasteiger partial charge in [-0.05, 0) is 95.1 Å². The van der Waals surface area contributed by atoms with Crippen molar-refractivity contribution in [3.63, 3.8) is 0 Å². The van der Waals surface area contributed by atoms with Crippen molar-refractivity contribution in [1.29, 1.82) is 0 Å². The molecule has 0 radical (unpaired) electrons. The van der Waals surface area contributed by atoms with Gasteiger partial charge in [0.25, 0.3) is 0 Å². The number of rotatable bonds is 5. The Balaban J connectivity index is 0.960. The molecular weight excluding hydrogens is 899 g/mol. The lowest BCUT2D eigenvalue weighted by Gasteiger charge is -2.12. The summed E-state index contributed by atoms with van der Waals surface area (Å²) in [6, 6.07) is 87.8. The molecule has 0 amide bonds. The number of para-hydroxylation sites is 3. The van der Waals surface area contributed by atoms with Crippen molar-refractivity contribution >= 4 is 128 Å². The van der Waals surface area contributed by atoms with E-state index in [2.05, 4.69) is 250 Å². The Morgan fingerprint density at radius 1 is 0.254 bits per heavy atom. The molecule has 0 saturated heterocycles. The molecule has 0 unspecified atom stereocenters. The van der Waals surface area contributed by atoms with Crippen LogP contribution in [-0.2, 0) is 0 Å². The Morgan fingerprint density at radius 3 is 1.17 bits per heavy atom. The van der Waals surface area contributed by atoms with Gasteiger partial charge in [0.2, 0.25) is 0 Å². The van der Waals surface area contributed by atoms with Gasteiger partial charge in [-0.1, -0.05) is 164 Å². The first-order valence-corrected chi connectivity index (χ1v) is 25.9. The zero-order valence-electron chi connectivity index (χ0n) is 38.2. The lowest BCUT2D eigenvalue weighted by atomic mass is 10.0. The van der Waals surface area contributed by atoms with Crippen molar-refractivity contribution in [2.24, 2.45) is 0 Å². The predicted octanol–water partition coefficient (Wildman–Crippen LogP) is 19.0. The minimum absolute atomic E-state index is 1.14. The van der Waals surface area contributed by atoms with Crippen LogP contribution in [0.15, 0.2) is 237 Å². The molecule has 0 aliphatic rings. The second-order valence-corrected chi connectivity index (χ2v) is 20.9. The summed E-state index contributed by atoms with van der Waals surface area (Å²) in [6.07, 6.45) is 0. The first kappa shape index (κ1) is 39.1. The molecule has 0 saturated carbocycles. The molecule has 5 heteroatoms. The van der Waals surface area contributed by atoms with Crippen LogP contribution in [0.25, 0.3) is 145 Å². The molecule has 16 rings (SSSR count). The van der Waals surface area contributed by atoms with Gasteiger partial charge in [0, 0.05) is 89.7 Å². The van der Waals surface area contributed by atoms with Gasteiger partial charge in [-0.3, -0.25) is 0 Å². The minimum atomic E-state index is 1.14. The van der Waals surface area contributed by atoms with E-state index in [-0.39, 0.29) is 0 Å². The molecule has 0 spiro atoms. The second kappa shape index (κ2) is 14.9. The summed E-state index contributed by atoms with van der Waals surface area (Å²) < 4.78 is 12.8. The molecule has 0 bridgehead atoms. The van der Waals surface area contributed by atoms with Crippen LogP contribution >= 0.6 is 22.7 Å². The van der Waals surface area contributed by atoms with Gasteiger partial charge in [0.1, 0.15) is 0 Å². The molecule has 71 heavy (non-hydrogen) atoms. The van der Waals surface area contributed by atoms with Gasteiger partial charge in [-0.15, -0.1) is 22.7 Å². The van der Waals surface area contributed by atoms with Crippen LogP contribution in [0.3, 0.4) is 0 Å². The van der Waals surface area contributed by atoms with Crippen LogP contribution in [-0.4, -0.2) is 13.7 Å². The van der Waals surface area contributed by atoms with E-state index in [1.165, 1.54) is 128 Å². The number of thiophene rings is 2. The SMILES string of the molecule is c1ccc(-n2c3c(ccc4c3c3ccccc3n4-c3cccc(-c4cccc5c4sc4ccccc45)c3)c3ccc4c(c5ccccc5n4-c4cccc(-c5cccc6c5sc5ccccc56)c4)c32)cc1. The molecule has 0 aliphatic heterocycles. The van der Waals surface area contributed by atoms with Crippen LogP contribution in [0.1, 0.15) is 0 Å². The fourth-order valence-electron chi connectivity index (χ4n) is 12.1. The van der Waals surface area contributed by atoms with Gasteiger partial charge < -0.3 is 13.7 Å². The number of nitrogens with zero attached hydrogens (tertiary/aromatic N) is 3. The van der Waals surface area contributed by atoms with E-state index in [4.69, 9.17) is 0 Å². The summed E-state index contributed by atoms with van der Waals surface area (Å²) in [5, 5.41) is 12.7. The highest BCUT2D eigenvalue weighted by Gasteiger charge is 2.25. The zero-order chi connectivity index (χ0) is 46.3. The van der Waals surface area contributed by atoms with E-state index in [9.17, 15) is 0 Å².